The molecule has 0 saturated carbocycles. The van der Waals surface area contributed by atoms with Gasteiger partial charge in [-0.15, -0.1) is 11.3 Å². The zero-order valence-electron chi connectivity index (χ0n) is 8.82. The molecule has 1 aromatic rings. The van der Waals surface area contributed by atoms with Crippen LogP contribution in [0.25, 0.3) is 0 Å². The molecule has 3 rings (SSSR count). The molecule has 82 valence electrons. The molecule has 0 aromatic carbocycles. The maximum absolute atomic E-state index is 6.44. The van der Waals surface area contributed by atoms with Crippen molar-refractivity contribution in [1.29, 1.82) is 0 Å². The van der Waals surface area contributed by atoms with E-state index in [0.29, 0.717) is 12.2 Å². The molecule has 2 aliphatic rings. The summed E-state index contributed by atoms with van der Waals surface area (Å²) < 4.78 is 5.84. The number of thiophene rings is 1. The fraction of sp³-hybridized carbons (Fsp3) is 0.667. The molecule has 0 radical (unpaired) electrons. The Morgan fingerprint density at radius 1 is 1.53 bits per heavy atom. The molecule has 2 saturated heterocycles. The lowest BCUT2D eigenvalue weighted by atomic mass is 9.79. The van der Waals surface area contributed by atoms with Crippen LogP contribution in [0.1, 0.15) is 30.6 Å². The highest BCUT2D eigenvalue weighted by Crippen LogP contribution is 2.42. The monoisotopic (exact) mass is 223 g/mol. The van der Waals surface area contributed by atoms with Crippen molar-refractivity contribution in [1.82, 2.24) is 0 Å². The van der Waals surface area contributed by atoms with Crippen molar-refractivity contribution >= 4 is 11.3 Å². The van der Waals surface area contributed by atoms with Gasteiger partial charge in [0.1, 0.15) is 0 Å². The van der Waals surface area contributed by atoms with Gasteiger partial charge >= 0.3 is 0 Å². The molecular weight excluding hydrogens is 206 g/mol. The van der Waals surface area contributed by atoms with Crippen molar-refractivity contribution in [2.24, 2.45) is 5.73 Å². The number of hydrogen-bond donors (Lipinski definition) is 1. The van der Waals surface area contributed by atoms with Gasteiger partial charge < -0.3 is 10.5 Å². The second-order valence-electron chi connectivity index (χ2n) is 4.84. The minimum Gasteiger partial charge on any atom is -0.373 e. The average Bonchev–Trinajstić information content (AvgIpc) is 2.90. The van der Waals surface area contributed by atoms with Crippen LogP contribution < -0.4 is 5.73 Å². The van der Waals surface area contributed by atoms with Gasteiger partial charge in [-0.2, -0.15) is 0 Å². The van der Waals surface area contributed by atoms with Crippen LogP contribution in [0.5, 0.6) is 0 Å². The van der Waals surface area contributed by atoms with Crippen LogP contribution >= 0.6 is 11.3 Å². The summed E-state index contributed by atoms with van der Waals surface area (Å²) in [4.78, 5) is 1.45. The van der Waals surface area contributed by atoms with E-state index in [0.717, 1.165) is 19.3 Å². The third-order valence-electron chi connectivity index (χ3n) is 3.77. The second kappa shape index (κ2) is 3.58. The number of rotatable bonds is 3. The number of aryl methyl sites for hydroxylation is 1. The molecule has 3 unspecified atom stereocenters. The second-order valence-corrected chi connectivity index (χ2v) is 5.87. The summed E-state index contributed by atoms with van der Waals surface area (Å²) in [7, 11) is 0. The van der Waals surface area contributed by atoms with E-state index in [1.807, 2.05) is 11.3 Å². The fourth-order valence-corrected chi connectivity index (χ4v) is 3.62. The van der Waals surface area contributed by atoms with E-state index >= 15 is 0 Å². The number of ether oxygens (including phenoxy) is 1. The lowest BCUT2D eigenvalue weighted by molar-refractivity contribution is 0.0839. The highest BCUT2D eigenvalue weighted by Gasteiger charge is 2.49. The molecule has 2 bridgehead atoms. The summed E-state index contributed by atoms with van der Waals surface area (Å²) in [6.07, 6.45) is 6.46. The van der Waals surface area contributed by atoms with Gasteiger partial charge in [-0.25, -0.2) is 0 Å². The quantitative estimate of drug-likeness (QED) is 0.853. The van der Waals surface area contributed by atoms with Crippen LogP contribution in [0.2, 0.25) is 0 Å². The van der Waals surface area contributed by atoms with E-state index in [1.54, 1.807) is 0 Å². The summed E-state index contributed by atoms with van der Waals surface area (Å²) >= 11 is 1.83. The highest BCUT2D eigenvalue weighted by atomic mass is 32.1. The first kappa shape index (κ1) is 9.82. The smallest absolute Gasteiger partial charge is 0.0760 e. The van der Waals surface area contributed by atoms with Crippen molar-refractivity contribution in [2.45, 2.75) is 49.9 Å². The zero-order chi connectivity index (χ0) is 10.3. The van der Waals surface area contributed by atoms with Crippen LogP contribution in [0.3, 0.4) is 0 Å². The van der Waals surface area contributed by atoms with Crippen molar-refractivity contribution in [2.75, 3.05) is 0 Å². The van der Waals surface area contributed by atoms with Gasteiger partial charge in [0.25, 0.3) is 0 Å². The van der Waals surface area contributed by atoms with Gasteiger partial charge in [-0.3, -0.25) is 0 Å². The van der Waals surface area contributed by atoms with Crippen LogP contribution in [0, 0.1) is 0 Å². The van der Waals surface area contributed by atoms with Crippen molar-refractivity contribution < 1.29 is 4.74 Å². The van der Waals surface area contributed by atoms with E-state index in [4.69, 9.17) is 10.5 Å². The molecule has 2 nitrogen and oxygen atoms in total. The van der Waals surface area contributed by atoms with Gasteiger partial charge in [0.15, 0.2) is 0 Å². The van der Waals surface area contributed by atoms with E-state index in [-0.39, 0.29) is 5.54 Å². The van der Waals surface area contributed by atoms with E-state index in [1.165, 1.54) is 17.7 Å². The Hall–Kier alpha value is -0.380. The highest BCUT2D eigenvalue weighted by molar-refractivity contribution is 7.09. The summed E-state index contributed by atoms with van der Waals surface area (Å²) in [5.41, 5.74) is 6.41. The average molecular weight is 223 g/mol. The lowest BCUT2D eigenvalue weighted by Gasteiger charge is -2.30. The third kappa shape index (κ3) is 1.73. The maximum Gasteiger partial charge on any atom is 0.0760 e. The Morgan fingerprint density at radius 2 is 2.47 bits per heavy atom. The van der Waals surface area contributed by atoms with Gasteiger partial charge in [0.05, 0.1) is 12.2 Å². The zero-order valence-corrected chi connectivity index (χ0v) is 9.63. The van der Waals surface area contributed by atoms with Gasteiger partial charge in [0, 0.05) is 10.4 Å². The normalized spacial score (nSPS) is 38.7. The van der Waals surface area contributed by atoms with Crippen LogP contribution in [0.4, 0.5) is 0 Å². The first-order valence-electron chi connectivity index (χ1n) is 5.73. The first-order chi connectivity index (χ1) is 7.26. The fourth-order valence-electron chi connectivity index (χ4n) is 2.91. The van der Waals surface area contributed by atoms with Crippen molar-refractivity contribution in [3.8, 4) is 0 Å². The Kier molecular flexibility index (Phi) is 2.34. The molecule has 15 heavy (non-hydrogen) atoms. The lowest BCUT2D eigenvalue weighted by Crippen LogP contribution is -2.48. The van der Waals surface area contributed by atoms with Crippen molar-refractivity contribution in [3.63, 3.8) is 0 Å². The predicted molar refractivity (Wildman–Crippen MR) is 62.1 cm³/mol. The number of fused-ring (bicyclic) bond motifs is 2. The Labute approximate surface area is 94.4 Å². The van der Waals surface area contributed by atoms with Gasteiger partial charge in [-0.1, -0.05) is 6.07 Å². The SMILES string of the molecule is NC1(CCc2cccs2)CC2CCC1O2. The molecule has 2 aliphatic heterocycles. The van der Waals surface area contributed by atoms with Crippen molar-refractivity contribution in [3.05, 3.63) is 22.4 Å². The molecule has 0 amide bonds. The molecule has 2 fully saturated rings. The number of hydrogen-bond acceptors (Lipinski definition) is 3. The molecular formula is C12H17NOS. The summed E-state index contributed by atoms with van der Waals surface area (Å²) in [5, 5.41) is 2.13. The maximum atomic E-state index is 6.44. The molecule has 0 aliphatic carbocycles. The molecule has 2 N–H and O–H groups in total. The minimum absolute atomic E-state index is 0.0348. The minimum atomic E-state index is -0.0348. The third-order valence-corrected chi connectivity index (χ3v) is 4.71. The van der Waals surface area contributed by atoms with Crippen LogP contribution in [0.15, 0.2) is 17.5 Å². The standard InChI is InChI=1S/C12H17NOS/c13-12(6-5-10-2-1-7-15-10)8-9-3-4-11(12)14-9/h1-2,7,9,11H,3-6,8,13H2. The van der Waals surface area contributed by atoms with Crippen LogP contribution in [-0.2, 0) is 11.2 Å². The summed E-state index contributed by atoms with van der Waals surface area (Å²) in [6, 6.07) is 4.31. The van der Waals surface area contributed by atoms with Crippen LogP contribution in [-0.4, -0.2) is 17.7 Å². The van der Waals surface area contributed by atoms with Gasteiger partial charge in [0.2, 0.25) is 0 Å². The predicted octanol–water partition coefficient (Wildman–Crippen LogP) is 2.33. The van der Waals surface area contributed by atoms with E-state index in [9.17, 15) is 0 Å². The summed E-state index contributed by atoms with van der Waals surface area (Å²) in [5.74, 6) is 0. The topological polar surface area (TPSA) is 35.2 Å². The Bertz CT molecular complexity index is 337. The molecule has 3 heteroatoms. The first-order valence-corrected chi connectivity index (χ1v) is 6.61. The molecule has 1 aromatic heterocycles. The Morgan fingerprint density at radius 3 is 3.07 bits per heavy atom. The van der Waals surface area contributed by atoms with E-state index < -0.39 is 0 Å². The molecule has 3 atom stereocenters. The summed E-state index contributed by atoms with van der Waals surface area (Å²) in [6.45, 7) is 0. The largest absolute Gasteiger partial charge is 0.373 e. The Balaban J connectivity index is 1.63. The number of nitrogens with two attached hydrogens (primary N) is 1. The molecule has 3 heterocycles. The van der Waals surface area contributed by atoms with E-state index in [2.05, 4.69) is 17.5 Å². The molecule has 0 spiro atoms. The van der Waals surface area contributed by atoms with Gasteiger partial charge in [-0.05, 0) is 43.6 Å².